The molecule has 0 aromatic heterocycles. The number of nitrogens with zero attached hydrogens (tertiary/aromatic N) is 3. The first-order chi connectivity index (χ1) is 33.2. The lowest BCUT2D eigenvalue weighted by Crippen LogP contribution is -2.64. The summed E-state index contributed by atoms with van der Waals surface area (Å²) >= 11 is 0. The molecular formula is C64H58BN3. The summed E-state index contributed by atoms with van der Waals surface area (Å²) in [5, 5.41) is 0. The van der Waals surface area contributed by atoms with Crippen molar-refractivity contribution >= 4 is 62.9 Å². The molecule has 4 atom stereocenters. The molecule has 8 aromatic carbocycles. The molecule has 0 saturated heterocycles. The van der Waals surface area contributed by atoms with Gasteiger partial charge in [0.05, 0.1) is 11.1 Å². The second-order valence-electron chi connectivity index (χ2n) is 21.9. The Kier molecular flexibility index (Phi) is 8.52. The summed E-state index contributed by atoms with van der Waals surface area (Å²) in [5.41, 5.74) is 23.9. The van der Waals surface area contributed by atoms with Crippen molar-refractivity contribution in [2.24, 2.45) is 0 Å². The lowest BCUT2D eigenvalue weighted by molar-refractivity contribution is 0.194. The minimum Gasteiger partial charge on any atom is -0.335 e. The highest BCUT2D eigenvalue weighted by molar-refractivity contribution is 7.00. The zero-order valence-electron chi connectivity index (χ0n) is 39.9. The summed E-state index contributed by atoms with van der Waals surface area (Å²) in [6, 6.07) is 69.8. The topological polar surface area (TPSA) is 9.72 Å². The second-order valence-corrected chi connectivity index (χ2v) is 21.9. The fourth-order valence-electron chi connectivity index (χ4n) is 14.9. The Balaban J connectivity index is 1.12. The maximum atomic E-state index is 2.93. The van der Waals surface area contributed by atoms with E-state index in [-0.39, 0.29) is 28.6 Å². The summed E-state index contributed by atoms with van der Waals surface area (Å²) in [4.78, 5) is 8.43. The van der Waals surface area contributed by atoms with Gasteiger partial charge in [-0.1, -0.05) is 179 Å². The van der Waals surface area contributed by atoms with Crippen LogP contribution >= 0.6 is 0 Å². The van der Waals surface area contributed by atoms with Crippen LogP contribution in [0.1, 0.15) is 90.2 Å². The van der Waals surface area contributed by atoms with Crippen LogP contribution in [0.15, 0.2) is 182 Å². The van der Waals surface area contributed by atoms with E-state index >= 15 is 0 Å². The van der Waals surface area contributed by atoms with E-state index < -0.39 is 0 Å². The fraction of sp³-hybridized carbons (Fsp3) is 0.250. The van der Waals surface area contributed by atoms with Gasteiger partial charge in [-0.2, -0.15) is 0 Å². The van der Waals surface area contributed by atoms with E-state index in [0.29, 0.717) is 0 Å². The molecule has 4 heterocycles. The smallest absolute Gasteiger partial charge is 0.252 e. The lowest BCUT2D eigenvalue weighted by Gasteiger charge is -2.53. The summed E-state index contributed by atoms with van der Waals surface area (Å²) in [7, 11) is 0. The molecular weight excluding hydrogens is 822 g/mol. The number of rotatable bonds is 5. The molecule has 3 nitrogen and oxygen atoms in total. The molecule has 6 aliphatic rings. The highest BCUT2D eigenvalue weighted by atomic mass is 15.3. The molecule has 2 aliphatic carbocycles. The Morgan fingerprint density at radius 1 is 0.368 bits per heavy atom. The van der Waals surface area contributed by atoms with Gasteiger partial charge < -0.3 is 14.7 Å². The van der Waals surface area contributed by atoms with E-state index in [0.717, 1.165) is 12.8 Å². The van der Waals surface area contributed by atoms with Crippen molar-refractivity contribution < 1.29 is 0 Å². The van der Waals surface area contributed by atoms with Crippen molar-refractivity contribution in [3.8, 4) is 33.4 Å². The summed E-state index contributed by atoms with van der Waals surface area (Å²) in [5.74, 6) is 0. The van der Waals surface area contributed by atoms with Crippen LogP contribution in [-0.4, -0.2) is 17.8 Å². The van der Waals surface area contributed by atoms with Gasteiger partial charge in [0.2, 0.25) is 0 Å². The lowest BCUT2D eigenvalue weighted by atomic mass is 9.33. The normalized spacial score (nSPS) is 24.7. The Morgan fingerprint density at radius 2 is 0.926 bits per heavy atom. The molecule has 8 aromatic rings. The Labute approximate surface area is 403 Å². The zero-order chi connectivity index (χ0) is 45.6. The monoisotopic (exact) mass is 879 g/mol. The molecule has 0 amide bonds. The van der Waals surface area contributed by atoms with Crippen LogP contribution in [0.25, 0.3) is 33.4 Å². The van der Waals surface area contributed by atoms with E-state index in [9.17, 15) is 0 Å². The van der Waals surface area contributed by atoms with Gasteiger partial charge in [-0.05, 0) is 143 Å². The van der Waals surface area contributed by atoms with Crippen molar-refractivity contribution in [2.75, 3.05) is 14.7 Å². The minimum atomic E-state index is -0.114. The number of anilines is 7. The standard InChI is InChI=1S/C64H58BN3/c1-61-33-16-18-35-63(61,3)67(55-30-15-14-29-51(55)61)50-41-57-59-58(42-50)68-60-52(62(2)34-17-19-36-64(62,68)4)38-48(45-25-12-7-13-26-45)39-54(60)65(59)53-32-31-47(44-23-10-6-11-24-44)40-56(53)66(57)49-28-20-27-46(37-49)43-21-8-5-9-22-43/h5-15,20-32,37-42H,16-19,33-36H2,1-4H3. The third kappa shape index (κ3) is 5.27. The molecule has 332 valence electrons. The molecule has 68 heavy (non-hydrogen) atoms. The number of hydrogen-bond acceptors (Lipinski definition) is 3. The van der Waals surface area contributed by atoms with Crippen LogP contribution in [0.2, 0.25) is 0 Å². The Bertz CT molecular complexity index is 3350. The highest BCUT2D eigenvalue weighted by Gasteiger charge is 2.62. The molecule has 2 saturated carbocycles. The zero-order valence-corrected chi connectivity index (χ0v) is 39.9. The van der Waals surface area contributed by atoms with Crippen LogP contribution in [0.5, 0.6) is 0 Å². The van der Waals surface area contributed by atoms with Gasteiger partial charge in [-0.15, -0.1) is 0 Å². The Hall–Kier alpha value is -6.78. The average Bonchev–Trinajstić information content (AvgIpc) is 3.73. The summed E-state index contributed by atoms with van der Waals surface area (Å²) < 4.78 is 0. The molecule has 0 bridgehead atoms. The molecule has 4 unspecified atom stereocenters. The molecule has 0 radical (unpaired) electrons. The minimum absolute atomic E-state index is 0.0323. The van der Waals surface area contributed by atoms with Gasteiger partial charge in [-0.25, -0.2) is 0 Å². The fourth-order valence-corrected chi connectivity index (χ4v) is 14.9. The summed E-state index contributed by atoms with van der Waals surface area (Å²) in [6.07, 6.45) is 9.71. The van der Waals surface area contributed by atoms with Gasteiger partial charge in [0, 0.05) is 50.6 Å². The maximum Gasteiger partial charge on any atom is 0.252 e. The first kappa shape index (κ1) is 40.3. The van der Waals surface area contributed by atoms with Gasteiger partial charge in [-0.3, -0.25) is 0 Å². The van der Waals surface area contributed by atoms with Crippen molar-refractivity contribution in [3.05, 3.63) is 193 Å². The number of benzene rings is 8. The average molecular weight is 880 g/mol. The van der Waals surface area contributed by atoms with Crippen LogP contribution in [-0.2, 0) is 10.8 Å². The second kappa shape index (κ2) is 14.4. The van der Waals surface area contributed by atoms with E-state index in [2.05, 4.69) is 224 Å². The number of hydrogen-bond donors (Lipinski definition) is 0. The molecule has 2 fully saturated rings. The van der Waals surface area contributed by atoms with Crippen LogP contribution in [0.4, 0.5) is 39.8 Å². The van der Waals surface area contributed by atoms with E-state index in [4.69, 9.17) is 0 Å². The summed E-state index contributed by atoms with van der Waals surface area (Å²) in [6.45, 7) is 10.5. The van der Waals surface area contributed by atoms with E-state index in [1.807, 2.05) is 0 Å². The number of fused-ring (bicyclic) bond motifs is 10. The van der Waals surface area contributed by atoms with E-state index in [1.54, 1.807) is 0 Å². The van der Waals surface area contributed by atoms with Crippen molar-refractivity contribution in [2.45, 2.75) is 101 Å². The van der Waals surface area contributed by atoms with Crippen LogP contribution < -0.4 is 31.1 Å². The van der Waals surface area contributed by atoms with Gasteiger partial charge in [0.1, 0.15) is 0 Å². The first-order valence-electron chi connectivity index (χ1n) is 25.5. The Morgan fingerprint density at radius 3 is 1.62 bits per heavy atom. The van der Waals surface area contributed by atoms with Crippen LogP contribution in [0.3, 0.4) is 0 Å². The van der Waals surface area contributed by atoms with Crippen molar-refractivity contribution in [1.82, 2.24) is 0 Å². The quantitative estimate of drug-likeness (QED) is 0.160. The predicted molar refractivity (Wildman–Crippen MR) is 288 cm³/mol. The van der Waals surface area contributed by atoms with Crippen molar-refractivity contribution in [3.63, 3.8) is 0 Å². The molecule has 14 rings (SSSR count). The first-order valence-corrected chi connectivity index (χ1v) is 25.5. The van der Waals surface area contributed by atoms with Crippen LogP contribution in [0, 0.1) is 0 Å². The largest absolute Gasteiger partial charge is 0.335 e. The highest BCUT2D eigenvalue weighted by Crippen LogP contribution is 2.65. The molecule has 4 heteroatoms. The third-order valence-electron chi connectivity index (χ3n) is 18.7. The van der Waals surface area contributed by atoms with E-state index in [1.165, 1.54) is 139 Å². The van der Waals surface area contributed by atoms with Crippen molar-refractivity contribution in [1.29, 1.82) is 0 Å². The predicted octanol–water partition coefficient (Wildman–Crippen LogP) is 14.8. The molecule has 0 spiro atoms. The third-order valence-corrected chi connectivity index (χ3v) is 18.7. The van der Waals surface area contributed by atoms with Gasteiger partial charge in [0.25, 0.3) is 6.71 Å². The van der Waals surface area contributed by atoms with Gasteiger partial charge in [0.15, 0.2) is 0 Å². The number of para-hydroxylation sites is 1. The molecule has 0 N–H and O–H groups in total. The van der Waals surface area contributed by atoms with Gasteiger partial charge >= 0.3 is 0 Å². The SMILES string of the molecule is CC12CCCCC1(C)N(c1cc3c4c(c1)N1c5c(cc(-c6ccccc6)cc5C5(C)CCCCC15C)B4c1ccc(-c4ccccc4)cc1N3c1cccc(-c3ccccc3)c1)c1ccccc12. The maximum absolute atomic E-state index is 2.93. The molecule has 4 aliphatic heterocycles.